The monoisotopic (exact) mass is 292 g/mol. The number of hydrogen-bond acceptors (Lipinski definition) is 7. The first-order chi connectivity index (χ1) is 9.60. The lowest BCUT2D eigenvalue weighted by atomic mass is 10.4. The molecular weight excluding hydrogens is 276 g/mol. The van der Waals surface area contributed by atoms with E-state index in [4.69, 9.17) is 4.74 Å². The number of rotatable bonds is 5. The van der Waals surface area contributed by atoms with E-state index in [9.17, 15) is 4.79 Å². The molecule has 0 atom stereocenters. The molecule has 0 amide bonds. The molecule has 0 radical (unpaired) electrons. The number of aromatic nitrogens is 3. The van der Waals surface area contributed by atoms with E-state index in [1.54, 1.807) is 19.3 Å². The normalized spacial score (nSPS) is 10.3. The van der Waals surface area contributed by atoms with Crippen molar-refractivity contribution in [2.45, 2.75) is 27.3 Å². The number of nitrogens with one attached hydrogen (secondary N) is 1. The summed E-state index contributed by atoms with van der Waals surface area (Å²) in [6.07, 6.45) is 3.43. The van der Waals surface area contributed by atoms with E-state index in [0.717, 1.165) is 16.3 Å². The highest BCUT2D eigenvalue weighted by Gasteiger charge is 2.16. The van der Waals surface area contributed by atoms with Gasteiger partial charge in [-0.15, -0.1) is 11.3 Å². The summed E-state index contributed by atoms with van der Waals surface area (Å²) in [7, 11) is 0. The van der Waals surface area contributed by atoms with Crippen LogP contribution in [0.4, 0.5) is 5.13 Å². The van der Waals surface area contributed by atoms with Crippen LogP contribution in [0, 0.1) is 13.8 Å². The molecule has 7 heteroatoms. The van der Waals surface area contributed by atoms with Crippen molar-refractivity contribution in [3.63, 3.8) is 0 Å². The topological polar surface area (TPSA) is 77.0 Å². The van der Waals surface area contributed by atoms with Crippen LogP contribution in [0.3, 0.4) is 0 Å². The highest BCUT2D eigenvalue weighted by molar-refractivity contribution is 7.15. The molecule has 20 heavy (non-hydrogen) atoms. The predicted molar refractivity (Wildman–Crippen MR) is 76.9 cm³/mol. The zero-order valence-corrected chi connectivity index (χ0v) is 12.5. The Hall–Kier alpha value is -2.02. The van der Waals surface area contributed by atoms with Crippen LogP contribution in [-0.2, 0) is 11.3 Å². The zero-order valence-electron chi connectivity index (χ0n) is 11.6. The molecule has 2 aromatic heterocycles. The number of hydrogen-bond donors (Lipinski definition) is 1. The number of anilines is 1. The summed E-state index contributed by atoms with van der Waals surface area (Å²) in [6.45, 7) is 6.37. The maximum Gasteiger partial charge on any atom is 0.358 e. The van der Waals surface area contributed by atoms with Gasteiger partial charge in [0, 0.05) is 11.1 Å². The molecule has 0 spiro atoms. The van der Waals surface area contributed by atoms with E-state index >= 15 is 0 Å². The second kappa shape index (κ2) is 6.42. The molecule has 0 aliphatic heterocycles. The summed E-state index contributed by atoms with van der Waals surface area (Å²) in [6, 6.07) is 0. The smallest absolute Gasteiger partial charge is 0.358 e. The molecule has 0 saturated heterocycles. The quantitative estimate of drug-likeness (QED) is 0.852. The lowest BCUT2D eigenvalue weighted by Crippen LogP contribution is -2.07. The summed E-state index contributed by atoms with van der Waals surface area (Å²) in [4.78, 5) is 25.2. The number of nitrogens with zero attached hydrogens (tertiary/aromatic N) is 3. The minimum atomic E-state index is -0.385. The lowest BCUT2D eigenvalue weighted by Gasteiger charge is -2.01. The first-order valence-corrected chi connectivity index (χ1v) is 7.07. The third-order valence-corrected chi connectivity index (χ3v) is 3.45. The lowest BCUT2D eigenvalue weighted by molar-refractivity contribution is 0.0519. The molecule has 6 nitrogen and oxygen atoms in total. The van der Waals surface area contributed by atoms with Gasteiger partial charge in [0.25, 0.3) is 0 Å². The number of thiazole rings is 1. The van der Waals surface area contributed by atoms with Gasteiger partial charge in [0.2, 0.25) is 0 Å². The summed E-state index contributed by atoms with van der Waals surface area (Å²) >= 11 is 1.42. The van der Waals surface area contributed by atoms with Crippen molar-refractivity contribution in [3.8, 4) is 0 Å². The van der Waals surface area contributed by atoms with Gasteiger partial charge >= 0.3 is 5.97 Å². The summed E-state index contributed by atoms with van der Waals surface area (Å²) < 4.78 is 4.95. The Morgan fingerprint density at radius 1 is 1.35 bits per heavy atom. The van der Waals surface area contributed by atoms with Gasteiger partial charge in [0.05, 0.1) is 30.7 Å². The molecule has 0 unspecified atom stereocenters. The standard InChI is InChI=1S/C13H16N4O2S/c1-4-19-12(18)11-9(3)20-13(17-11)16-7-10-6-14-8(2)5-15-10/h5-6H,4,7H2,1-3H3,(H,16,17). The number of carbonyl (C=O) groups is 1. The Morgan fingerprint density at radius 2 is 2.15 bits per heavy atom. The van der Waals surface area contributed by atoms with Gasteiger partial charge in [-0.2, -0.15) is 0 Å². The van der Waals surface area contributed by atoms with Crippen molar-refractivity contribution < 1.29 is 9.53 Å². The first-order valence-electron chi connectivity index (χ1n) is 6.26. The Balaban J connectivity index is 2.01. The predicted octanol–water partition coefficient (Wildman–Crippen LogP) is 2.34. The summed E-state index contributed by atoms with van der Waals surface area (Å²) in [5.74, 6) is -0.385. The Morgan fingerprint density at radius 3 is 2.80 bits per heavy atom. The molecule has 0 saturated carbocycles. The fourth-order valence-electron chi connectivity index (χ4n) is 1.54. The van der Waals surface area contributed by atoms with Crippen LogP contribution >= 0.6 is 11.3 Å². The third kappa shape index (κ3) is 3.51. The first kappa shape index (κ1) is 14.4. The van der Waals surface area contributed by atoms with Gasteiger partial charge in [-0.1, -0.05) is 0 Å². The van der Waals surface area contributed by atoms with Crippen molar-refractivity contribution in [2.75, 3.05) is 11.9 Å². The van der Waals surface area contributed by atoms with E-state index in [-0.39, 0.29) is 5.97 Å². The van der Waals surface area contributed by atoms with Gasteiger partial charge in [-0.3, -0.25) is 9.97 Å². The van der Waals surface area contributed by atoms with Gasteiger partial charge < -0.3 is 10.1 Å². The molecule has 2 heterocycles. The van der Waals surface area contributed by atoms with Crippen molar-refractivity contribution in [2.24, 2.45) is 0 Å². The van der Waals surface area contributed by atoms with Gasteiger partial charge in [0.1, 0.15) is 0 Å². The van der Waals surface area contributed by atoms with Crippen molar-refractivity contribution in [3.05, 3.63) is 34.4 Å². The average molecular weight is 292 g/mol. The average Bonchev–Trinajstić information content (AvgIpc) is 2.80. The summed E-state index contributed by atoms with van der Waals surface area (Å²) in [5, 5.41) is 3.81. The molecule has 0 aliphatic carbocycles. The van der Waals surface area contributed by atoms with E-state index < -0.39 is 0 Å². The highest BCUT2D eigenvalue weighted by atomic mass is 32.1. The third-order valence-electron chi connectivity index (χ3n) is 2.52. The van der Waals surface area contributed by atoms with Crippen LogP contribution in [0.15, 0.2) is 12.4 Å². The molecule has 1 N–H and O–H groups in total. The van der Waals surface area contributed by atoms with Gasteiger partial charge in [-0.05, 0) is 20.8 Å². The molecule has 0 bridgehead atoms. The van der Waals surface area contributed by atoms with E-state index in [0.29, 0.717) is 24.0 Å². The Kier molecular flexibility index (Phi) is 4.62. The second-order valence-corrected chi connectivity index (χ2v) is 5.35. The van der Waals surface area contributed by atoms with Crippen LogP contribution in [0.5, 0.6) is 0 Å². The van der Waals surface area contributed by atoms with Crippen molar-refractivity contribution in [1.29, 1.82) is 0 Å². The van der Waals surface area contributed by atoms with Crippen LogP contribution < -0.4 is 5.32 Å². The molecule has 106 valence electrons. The zero-order chi connectivity index (χ0) is 14.5. The maximum atomic E-state index is 11.7. The number of carbonyl (C=O) groups excluding carboxylic acids is 1. The minimum Gasteiger partial charge on any atom is -0.461 e. The number of aryl methyl sites for hydroxylation is 2. The maximum absolute atomic E-state index is 11.7. The van der Waals surface area contributed by atoms with E-state index in [2.05, 4.69) is 20.3 Å². The van der Waals surface area contributed by atoms with Crippen LogP contribution in [0.1, 0.15) is 33.7 Å². The molecule has 0 fully saturated rings. The minimum absolute atomic E-state index is 0.345. The van der Waals surface area contributed by atoms with Crippen LogP contribution in [0.2, 0.25) is 0 Å². The number of ether oxygens (including phenoxy) is 1. The highest BCUT2D eigenvalue weighted by Crippen LogP contribution is 2.23. The number of esters is 1. The molecule has 2 rings (SSSR count). The fraction of sp³-hybridized carbons (Fsp3) is 0.385. The fourth-order valence-corrected chi connectivity index (χ4v) is 2.33. The largest absolute Gasteiger partial charge is 0.461 e. The second-order valence-electron chi connectivity index (χ2n) is 4.15. The molecule has 0 aromatic carbocycles. The SMILES string of the molecule is CCOC(=O)c1nc(NCc2cnc(C)cn2)sc1C. The Labute approximate surface area is 121 Å². The molecular formula is C13H16N4O2S. The molecule has 0 aliphatic rings. The van der Waals surface area contributed by atoms with Crippen molar-refractivity contribution >= 4 is 22.4 Å². The van der Waals surface area contributed by atoms with Crippen molar-refractivity contribution in [1.82, 2.24) is 15.0 Å². The summed E-state index contributed by atoms with van der Waals surface area (Å²) in [5.41, 5.74) is 2.07. The molecule has 2 aromatic rings. The van der Waals surface area contributed by atoms with Gasteiger partial charge in [-0.25, -0.2) is 9.78 Å². The van der Waals surface area contributed by atoms with Crippen LogP contribution in [-0.4, -0.2) is 27.5 Å². The van der Waals surface area contributed by atoms with E-state index in [1.807, 2.05) is 13.8 Å². The van der Waals surface area contributed by atoms with Gasteiger partial charge in [0.15, 0.2) is 10.8 Å². The Bertz CT molecular complexity index is 595. The van der Waals surface area contributed by atoms with E-state index in [1.165, 1.54) is 11.3 Å². The van der Waals surface area contributed by atoms with Crippen LogP contribution in [0.25, 0.3) is 0 Å².